The Labute approximate surface area is 168 Å². The van der Waals surface area contributed by atoms with E-state index in [1.54, 1.807) is 30.9 Å². The van der Waals surface area contributed by atoms with E-state index in [0.29, 0.717) is 18.0 Å². The standard InChI is InChI=1S/C22H20N2O3S/c1-26-16-12-11-15(19(13-16)27-2)14-23-22(25)24-17-7-3-5-9-20(17)28-21-10-6-4-8-18(21)24/h3-13H,14H2,1-2H3,(H,23,25). The highest BCUT2D eigenvalue weighted by molar-refractivity contribution is 7.99. The molecular weight excluding hydrogens is 372 g/mol. The van der Waals surface area contributed by atoms with Gasteiger partial charge in [0, 0.05) is 28.0 Å². The lowest BCUT2D eigenvalue weighted by Gasteiger charge is -2.31. The lowest BCUT2D eigenvalue weighted by Crippen LogP contribution is -2.37. The van der Waals surface area contributed by atoms with Gasteiger partial charge in [-0.25, -0.2) is 4.79 Å². The molecule has 4 rings (SSSR count). The summed E-state index contributed by atoms with van der Waals surface area (Å²) in [5, 5.41) is 3.02. The molecule has 0 saturated carbocycles. The monoisotopic (exact) mass is 392 g/mol. The number of urea groups is 1. The van der Waals surface area contributed by atoms with E-state index in [-0.39, 0.29) is 6.03 Å². The van der Waals surface area contributed by atoms with Crippen LogP contribution in [0.5, 0.6) is 11.5 Å². The van der Waals surface area contributed by atoms with Crippen LogP contribution >= 0.6 is 11.8 Å². The van der Waals surface area contributed by atoms with Crippen LogP contribution in [0.4, 0.5) is 16.2 Å². The number of hydrogen-bond donors (Lipinski definition) is 1. The van der Waals surface area contributed by atoms with Crippen molar-refractivity contribution in [1.29, 1.82) is 0 Å². The molecule has 5 nitrogen and oxygen atoms in total. The molecule has 2 amide bonds. The van der Waals surface area contributed by atoms with Crippen molar-refractivity contribution in [2.45, 2.75) is 16.3 Å². The van der Waals surface area contributed by atoms with Gasteiger partial charge in [0.05, 0.1) is 25.6 Å². The number of fused-ring (bicyclic) bond motifs is 2. The van der Waals surface area contributed by atoms with Gasteiger partial charge >= 0.3 is 6.03 Å². The topological polar surface area (TPSA) is 50.8 Å². The maximum Gasteiger partial charge on any atom is 0.326 e. The number of carbonyl (C=O) groups is 1. The van der Waals surface area contributed by atoms with Crippen molar-refractivity contribution < 1.29 is 14.3 Å². The molecule has 0 unspecified atom stereocenters. The smallest absolute Gasteiger partial charge is 0.326 e. The minimum atomic E-state index is -0.182. The molecule has 6 heteroatoms. The number of nitrogens with zero attached hydrogens (tertiary/aromatic N) is 1. The van der Waals surface area contributed by atoms with Gasteiger partial charge in [-0.05, 0) is 36.4 Å². The second-order valence-corrected chi connectivity index (χ2v) is 7.29. The Morgan fingerprint density at radius 1 is 0.929 bits per heavy atom. The van der Waals surface area contributed by atoms with Gasteiger partial charge in [0.15, 0.2) is 0 Å². The molecule has 28 heavy (non-hydrogen) atoms. The summed E-state index contributed by atoms with van der Waals surface area (Å²) in [4.78, 5) is 17.0. The zero-order valence-corrected chi connectivity index (χ0v) is 16.5. The molecule has 0 atom stereocenters. The van der Waals surface area contributed by atoms with Crippen LogP contribution in [-0.4, -0.2) is 20.3 Å². The van der Waals surface area contributed by atoms with Gasteiger partial charge in [0.25, 0.3) is 0 Å². The van der Waals surface area contributed by atoms with Crippen LogP contribution in [0.1, 0.15) is 5.56 Å². The first-order valence-electron chi connectivity index (χ1n) is 8.86. The Morgan fingerprint density at radius 2 is 1.57 bits per heavy atom. The van der Waals surface area contributed by atoms with Gasteiger partial charge in [-0.1, -0.05) is 36.0 Å². The van der Waals surface area contributed by atoms with Crippen molar-refractivity contribution in [2.75, 3.05) is 19.1 Å². The van der Waals surface area contributed by atoms with Crippen LogP contribution in [0.25, 0.3) is 0 Å². The summed E-state index contributed by atoms with van der Waals surface area (Å²) in [6.45, 7) is 0.347. The van der Waals surface area contributed by atoms with Crippen molar-refractivity contribution >= 4 is 29.2 Å². The second kappa shape index (κ2) is 7.86. The van der Waals surface area contributed by atoms with Crippen LogP contribution in [-0.2, 0) is 6.54 Å². The number of hydrogen-bond acceptors (Lipinski definition) is 4. The van der Waals surface area contributed by atoms with E-state index in [1.807, 2.05) is 66.7 Å². The molecule has 0 radical (unpaired) electrons. The number of rotatable bonds is 4. The van der Waals surface area contributed by atoms with Gasteiger partial charge in [0.1, 0.15) is 11.5 Å². The Hall–Kier alpha value is -3.12. The highest BCUT2D eigenvalue weighted by Crippen LogP contribution is 2.47. The normalized spacial score (nSPS) is 12.0. The zero-order valence-electron chi connectivity index (χ0n) is 15.6. The van der Waals surface area contributed by atoms with Crippen LogP contribution in [0.2, 0.25) is 0 Å². The molecular formula is C22H20N2O3S. The predicted octanol–water partition coefficient (Wildman–Crippen LogP) is 5.22. The van der Waals surface area contributed by atoms with E-state index in [1.165, 1.54) is 0 Å². The third-order valence-corrected chi connectivity index (χ3v) is 5.69. The third kappa shape index (κ3) is 3.39. The van der Waals surface area contributed by atoms with Crippen LogP contribution in [0.3, 0.4) is 0 Å². The maximum absolute atomic E-state index is 13.2. The summed E-state index contributed by atoms with van der Waals surface area (Å²) in [6.07, 6.45) is 0. The number of anilines is 2. The summed E-state index contributed by atoms with van der Waals surface area (Å²) < 4.78 is 10.7. The number of ether oxygens (including phenoxy) is 2. The lowest BCUT2D eigenvalue weighted by molar-refractivity contribution is 0.248. The van der Waals surface area contributed by atoms with Crippen molar-refractivity contribution in [3.63, 3.8) is 0 Å². The molecule has 1 heterocycles. The van der Waals surface area contributed by atoms with Crippen molar-refractivity contribution in [3.8, 4) is 11.5 Å². The molecule has 0 aliphatic carbocycles. The van der Waals surface area contributed by atoms with Crippen molar-refractivity contribution in [3.05, 3.63) is 72.3 Å². The first-order chi connectivity index (χ1) is 13.7. The Bertz CT molecular complexity index is 977. The molecule has 3 aromatic carbocycles. The quantitative estimate of drug-likeness (QED) is 0.662. The minimum Gasteiger partial charge on any atom is -0.497 e. The molecule has 0 spiro atoms. The summed E-state index contributed by atoms with van der Waals surface area (Å²) in [7, 11) is 3.22. The lowest BCUT2D eigenvalue weighted by atomic mass is 10.2. The highest BCUT2D eigenvalue weighted by Gasteiger charge is 2.27. The fourth-order valence-corrected chi connectivity index (χ4v) is 4.23. The molecule has 0 bridgehead atoms. The summed E-state index contributed by atoms with van der Waals surface area (Å²) in [5.41, 5.74) is 2.64. The SMILES string of the molecule is COc1ccc(CNC(=O)N2c3ccccc3Sc3ccccc32)c(OC)c1. The first-order valence-corrected chi connectivity index (χ1v) is 9.67. The van der Waals surface area contributed by atoms with E-state index < -0.39 is 0 Å². The molecule has 1 aliphatic heterocycles. The highest BCUT2D eigenvalue weighted by atomic mass is 32.2. The molecule has 1 aliphatic rings. The summed E-state index contributed by atoms with van der Waals surface area (Å²) in [6, 6.07) is 21.2. The number of amides is 2. The molecule has 142 valence electrons. The first kappa shape index (κ1) is 18.3. The fraction of sp³-hybridized carbons (Fsp3) is 0.136. The maximum atomic E-state index is 13.2. The van der Waals surface area contributed by atoms with E-state index in [9.17, 15) is 4.79 Å². The minimum absolute atomic E-state index is 0.182. The Balaban J connectivity index is 1.61. The van der Waals surface area contributed by atoms with E-state index in [4.69, 9.17) is 9.47 Å². The van der Waals surface area contributed by atoms with Crippen molar-refractivity contribution in [2.24, 2.45) is 0 Å². The number of para-hydroxylation sites is 2. The van der Waals surface area contributed by atoms with Gasteiger partial charge in [-0.3, -0.25) is 4.90 Å². The largest absolute Gasteiger partial charge is 0.497 e. The molecule has 3 aromatic rings. The van der Waals surface area contributed by atoms with Gasteiger partial charge in [0.2, 0.25) is 0 Å². The summed E-state index contributed by atoms with van der Waals surface area (Å²) in [5.74, 6) is 1.39. The second-order valence-electron chi connectivity index (χ2n) is 6.21. The molecule has 0 aromatic heterocycles. The number of nitrogens with one attached hydrogen (secondary N) is 1. The van der Waals surface area contributed by atoms with Gasteiger partial charge < -0.3 is 14.8 Å². The third-order valence-electron chi connectivity index (χ3n) is 4.56. The average molecular weight is 392 g/mol. The molecule has 0 fully saturated rings. The Kier molecular flexibility index (Phi) is 5.12. The predicted molar refractivity (Wildman–Crippen MR) is 111 cm³/mol. The number of carbonyl (C=O) groups excluding carboxylic acids is 1. The fourth-order valence-electron chi connectivity index (χ4n) is 3.17. The average Bonchev–Trinajstić information content (AvgIpc) is 2.75. The van der Waals surface area contributed by atoms with Crippen LogP contribution in [0.15, 0.2) is 76.5 Å². The summed E-state index contributed by atoms with van der Waals surface area (Å²) >= 11 is 1.67. The van der Waals surface area contributed by atoms with E-state index in [0.717, 1.165) is 26.7 Å². The molecule has 0 saturated heterocycles. The van der Waals surface area contributed by atoms with Crippen LogP contribution < -0.4 is 19.7 Å². The van der Waals surface area contributed by atoms with Gasteiger partial charge in [-0.2, -0.15) is 0 Å². The van der Waals surface area contributed by atoms with Crippen LogP contribution in [0, 0.1) is 0 Å². The van der Waals surface area contributed by atoms with E-state index >= 15 is 0 Å². The van der Waals surface area contributed by atoms with Crippen molar-refractivity contribution in [1.82, 2.24) is 5.32 Å². The number of methoxy groups -OCH3 is 2. The zero-order chi connectivity index (χ0) is 19.5. The molecule has 1 N–H and O–H groups in total. The number of benzene rings is 3. The van der Waals surface area contributed by atoms with Gasteiger partial charge in [-0.15, -0.1) is 0 Å². The Morgan fingerprint density at radius 3 is 2.18 bits per heavy atom. The van der Waals surface area contributed by atoms with E-state index in [2.05, 4.69) is 5.32 Å².